The zero-order valence-electron chi connectivity index (χ0n) is 13.0. The number of rotatable bonds is 4. The average molecular weight is 349 g/mol. The molecule has 1 aliphatic rings. The second kappa shape index (κ2) is 6.51. The van der Waals surface area contributed by atoms with E-state index in [0.717, 1.165) is 17.7 Å². The van der Waals surface area contributed by atoms with Crippen LogP contribution in [0.2, 0.25) is 0 Å². The molecular formula is C18H14F3NO3. The second-order valence-corrected chi connectivity index (χ2v) is 5.40. The Morgan fingerprint density at radius 3 is 2.52 bits per heavy atom. The number of carbonyl (C=O) groups excluding carboxylic acids is 1. The first-order valence-electron chi connectivity index (χ1n) is 7.41. The Morgan fingerprint density at radius 2 is 1.88 bits per heavy atom. The molecule has 130 valence electrons. The first kappa shape index (κ1) is 16.9. The third-order valence-electron chi connectivity index (χ3n) is 3.68. The van der Waals surface area contributed by atoms with Gasteiger partial charge in [0.05, 0.1) is 11.6 Å². The van der Waals surface area contributed by atoms with Crippen LogP contribution >= 0.6 is 0 Å². The number of hydrogen-bond donors (Lipinski definition) is 1. The summed E-state index contributed by atoms with van der Waals surface area (Å²) in [6.45, 7) is 3.69. The van der Waals surface area contributed by atoms with Crippen molar-refractivity contribution in [3.05, 3.63) is 66.2 Å². The van der Waals surface area contributed by atoms with E-state index in [2.05, 4.69) is 11.9 Å². The van der Waals surface area contributed by atoms with E-state index in [4.69, 9.17) is 9.47 Å². The molecule has 0 saturated carbocycles. The zero-order valence-corrected chi connectivity index (χ0v) is 13.0. The molecule has 1 unspecified atom stereocenters. The molecular weight excluding hydrogens is 335 g/mol. The molecule has 0 saturated heterocycles. The maximum Gasteiger partial charge on any atom is 0.416 e. The molecule has 0 aromatic heterocycles. The fourth-order valence-corrected chi connectivity index (χ4v) is 2.45. The van der Waals surface area contributed by atoms with E-state index in [1.54, 1.807) is 18.2 Å². The molecule has 4 nitrogen and oxygen atoms in total. The fraction of sp³-hybridized carbons (Fsp3) is 0.167. The van der Waals surface area contributed by atoms with Crippen LogP contribution in [0.15, 0.2) is 55.1 Å². The molecule has 0 bridgehead atoms. The number of ether oxygens (including phenoxy) is 2. The first-order valence-corrected chi connectivity index (χ1v) is 7.41. The van der Waals surface area contributed by atoms with Crippen LogP contribution in [-0.2, 0) is 11.0 Å². The normalized spacial score (nSPS) is 15.9. The van der Waals surface area contributed by atoms with Gasteiger partial charge in [0, 0.05) is 5.56 Å². The summed E-state index contributed by atoms with van der Waals surface area (Å²) in [7, 11) is 0. The lowest BCUT2D eigenvalue weighted by molar-refractivity contribution is -0.137. The van der Waals surface area contributed by atoms with E-state index in [1.165, 1.54) is 18.2 Å². The molecule has 0 fully saturated rings. The fourth-order valence-electron chi connectivity index (χ4n) is 2.45. The standard InChI is InChI=1S/C18H14F3NO3/c1-2-17(23)22-15-10-24-16-8-7-13(9-14(15)16)25-12-5-3-11(4-6-12)18(19,20)21/h2-9,15H,1,10H2,(H,22,23). The minimum absolute atomic E-state index is 0.276. The van der Waals surface area contributed by atoms with Gasteiger partial charge in [0.25, 0.3) is 0 Å². The van der Waals surface area contributed by atoms with Crippen LogP contribution in [0.5, 0.6) is 17.2 Å². The molecule has 0 aliphatic carbocycles. The van der Waals surface area contributed by atoms with E-state index >= 15 is 0 Å². The van der Waals surface area contributed by atoms with Gasteiger partial charge in [-0.2, -0.15) is 13.2 Å². The number of amides is 1. The zero-order chi connectivity index (χ0) is 18.0. The predicted octanol–water partition coefficient (Wildman–Crippen LogP) is 4.23. The van der Waals surface area contributed by atoms with Gasteiger partial charge < -0.3 is 14.8 Å². The van der Waals surface area contributed by atoms with Crippen molar-refractivity contribution in [1.29, 1.82) is 0 Å². The molecule has 3 rings (SSSR count). The molecule has 2 aromatic rings. The van der Waals surface area contributed by atoms with Crippen LogP contribution in [0.3, 0.4) is 0 Å². The van der Waals surface area contributed by atoms with Gasteiger partial charge in [0.1, 0.15) is 23.9 Å². The van der Waals surface area contributed by atoms with Crippen molar-refractivity contribution in [1.82, 2.24) is 5.32 Å². The van der Waals surface area contributed by atoms with Gasteiger partial charge in [-0.05, 0) is 48.5 Å². The predicted molar refractivity (Wildman–Crippen MR) is 84.5 cm³/mol. The smallest absolute Gasteiger partial charge is 0.416 e. The van der Waals surface area contributed by atoms with Crippen LogP contribution in [0.1, 0.15) is 17.2 Å². The van der Waals surface area contributed by atoms with Crippen molar-refractivity contribution < 1.29 is 27.4 Å². The minimum Gasteiger partial charge on any atom is -0.491 e. The second-order valence-electron chi connectivity index (χ2n) is 5.40. The van der Waals surface area contributed by atoms with Gasteiger partial charge in [0.15, 0.2) is 0 Å². The van der Waals surface area contributed by atoms with Crippen molar-refractivity contribution in [2.45, 2.75) is 12.2 Å². The van der Waals surface area contributed by atoms with Gasteiger partial charge in [-0.3, -0.25) is 4.79 Å². The number of hydrogen-bond acceptors (Lipinski definition) is 3. The lowest BCUT2D eigenvalue weighted by Crippen LogP contribution is -2.27. The molecule has 7 heteroatoms. The number of carbonyl (C=O) groups is 1. The van der Waals surface area contributed by atoms with Gasteiger partial charge in [-0.1, -0.05) is 6.58 Å². The third kappa shape index (κ3) is 3.76. The molecule has 1 aliphatic heterocycles. The molecule has 25 heavy (non-hydrogen) atoms. The van der Waals surface area contributed by atoms with E-state index in [0.29, 0.717) is 18.1 Å². The first-order chi connectivity index (χ1) is 11.9. The number of halogens is 3. The van der Waals surface area contributed by atoms with E-state index < -0.39 is 11.7 Å². The highest BCUT2D eigenvalue weighted by Crippen LogP contribution is 2.37. The SMILES string of the molecule is C=CC(=O)NC1COc2ccc(Oc3ccc(C(F)(F)F)cc3)cc21. The van der Waals surface area contributed by atoms with Crippen molar-refractivity contribution in [2.75, 3.05) is 6.61 Å². The van der Waals surface area contributed by atoms with Gasteiger partial charge >= 0.3 is 6.18 Å². The summed E-state index contributed by atoms with van der Waals surface area (Å²) in [6.07, 6.45) is -3.22. The highest BCUT2D eigenvalue weighted by molar-refractivity contribution is 5.87. The number of benzene rings is 2. The van der Waals surface area contributed by atoms with Gasteiger partial charge in [-0.15, -0.1) is 0 Å². The molecule has 0 spiro atoms. The lowest BCUT2D eigenvalue weighted by Gasteiger charge is -2.12. The topological polar surface area (TPSA) is 47.6 Å². The van der Waals surface area contributed by atoms with Crippen molar-refractivity contribution in [3.63, 3.8) is 0 Å². The monoisotopic (exact) mass is 349 g/mol. The molecule has 1 heterocycles. The highest BCUT2D eigenvalue weighted by Gasteiger charge is 2.30. The molecule has 1 N–H and O–H groups in total. The Bertz CT molecular complexity index is 800. The summed E-state index contributed by atoms with van der Waals surface area (Å²) >= 11 is 0. The Kier molecular flexibility index (Phi) is 4.39. The Balaban J connectivity index is 1.77. The van der Waals surface area contributed by atoms with Crippen LogP contribution in [0.25, 0.3) is 0 Å². The quantitative estimate of drug-likeness (QED) is 0.840. The molecule has 1 atom stereocenters. The van der Waals surface area contributed by atoms with Crippen molar-refractivity contribution >= 4 is 5.91 Å². The molecule has 0 radical (unpaired) electrons. The Morgan fingerprint density at radius 1 is 1.20 bits per heavy atom. The summed E-state index contributed by atoms with van der Waals surface area (Å²) in [6, 6.07) is 9.11. The maximum absolute atomic E-state index is 12.6. The minimum atomic E-state index is -4.39. The van der Waals surface area contributed by atoms with Gasteiger partial charge in [-0.25, -0.2) is 0 Å². The molecule has 2 aromatic carbocycles. The summed E-state index contributed by atoms with van der Waals surface area (Å²) in [4.78, 5) is 11.5. The van der Waals surface area contributed by atoms with E-state index in [1.807, 2.05) is 0 Å². The summed E-state index contributed by atoms with van der Waals surface area (Å²) in [5.74, 6) is 1.00. The largest absolute Gasteiger partial charge is 0.491 e. The van der Waals surface area contributed by atoms with Crippen molar-refractivity contribution in [2.24, 2.45) is 0 Å². The van der Waals surface area contributed by atoms with Crippen LogP contribution < -0.4 is 14.8 Å². The third-order valence-corrected chi connectivity index (χ3v) is 3.68. The van der Waals surface area contributed by atoms with Gasteiger partial charge in [0.2, 0.25) is 5.91 Å². The van der Waals surface area contributed by atoms with Crippen LogP contribution in [0.4, 0.5) is 13.2 Å². The van der Waals surface area contributed by atoms with E-state index in [-0.39, 0.29) is 17.7 Å². The van der Waals surface area contributed by atoms with Crippen molar-refractivity contribution in [3.8, 4) is 17.2 Å². The lowest BCUT2D eigenvalue weighted by atomic mass is 10.1. The maximum atomic E-state index is 12.6. The summed E-state index contributed by atoms with van der Waals surface area (Å²) in [5.41, 5.74) is -0.00554. The Hall–Kier alpha value is -2.96. The molecule has 1 amide bonds. The highest BCUT2D eigenvalue weighted by atomic mass is 19.4. The van der Waals surface area contributed by atoms with Crippen LogP contribution in [0, 0.1) is 0 Å². The Labute approximate surface area is 141 Å². The summed E-state index contributed by atoms with van der Waals surface area (Å²) in [5, 5.41) is 2.74. The summed E-state index contributed by atoms with van der Waals surface area (Å²) < 4.78 is 48.8. The van der Waals surface area contributed by atoms with E-state index in [9.17, 15) is 18.0 Å². The average Bonchev–Trinajstić information content (AvgIpc) is 2.97. The number of fused-ring (bicyclic) bond motifs is 1. The number of nitrogens with one attached hydrogen (secondary N) is 1. The number of alkyl halides is 3. The van der Waals surface area contributed by atoms with Crippen LogP contribution in [-0.4, -0.2) is 12.5 Å².